The fourth-order valence-electron chi connectivity index (χ4n) is 2.44. The van der Waals surface area contributed by atoms with Gasteiger partial charge in [0.15, 0.2) is 5.76 Å². The normalized spacial score (nSPS) is 12.3. The lowest BCUT2D eigenvalue weighted by Gasteiger charge is -2.07. The van der Waals surface area contributed by atoms with Gasteiger partial charge in [0.2, 0.25) is 5.89 Å². The molecule has 112 valence electrons. The lowest BCUT2D eigenvalue weighted by Crippen LogP contribution is -2.13. The third kappa shape index (κ3) is 3.10. The number of rotatable bonds is 4. The zero-order chi connectivity index (χ0) is 15.5. The van der Waals surface area contributed by atoms with Crippen LogP contribution in [0.5, 0.6) is 0 Å². The Labute approximate surface area is 130 Å². The maximum absolute atomic E-state index is 6.22. The van der Waals surface area contributed by atoms with E-state index in [0.29, 0.717) is 12.3 Å². The summed E-state index contributed by atoms with van der Waals surface area (Å²) in [5.41, 5.74) is 10.9. The van der Waals surface area contributed by atoms with E-state index in [4.69, 9.17) is 10.2 Å². The summed E-state index contributed by atoms with van der Waals surface area (Å²) in [4.78, 5) is 4.35. The number of aryl methyl sites for hydroxylation is 2. The van der Waals surface area contributed by atoms with E-state index in [0.717, 1.165) is 11.3 Å². The number of benzene rings is 2. The van der Waals surface area contributed by atoms with Gasteiger partial charge in [0.1, 0.15) is 0 Å². The van der Waals surface area contributed by atoms with Crippen molar-refractivity contribution in [2.45, 2.75) is 26.3 Å². The Morgan fingerprint density at radius 1 is 1.05 bits per heavy atom. The molecule has 0 radical (unpaired) electrons. The molecule has 1 heterocycles. The van der Waals surface area contributed by atoms with Crippen molar-refractivity contribution in [3.05, 3.63) is 77.3 Å². The van der Waals surface area contributed by atoms with Crippen LogP contribution in [0.1, 0.15) is 28.6 Å². The summed E-state index contributed by atoms with van der Waals surface area (Å²) < 4.78 is 5.86. The first-order valence-electron chi connectivity index (χ1n) is 7.46. The maximum Gasteiger partial charge on any atom is 0.212 e. The second-order valence-corrected chi connectivity index (χ2v) is 5.66. The van der Waals surface area contributed by atoms with Gasteiger partial charge in [-0.3, -0.25) is 0 Å². The van der Waals surface area contributed by atoms with Crippen molar-refractivity contribution in [1.29, 1.82) is 0 Å². The van der Waals surface area contributed by atoms with Gasteiger partial charge < -0.3 is 10.2 Å². The highest BCUT2D eigenvalue weighted by Gasteiger charge is 2.14. The van der Waals surface area contributed by atoms with E-state index in [1.807, 2.05) is 18.2 Å². The van der Waals surface area contributed by atoms with Gasteiger partial charge in [-0.25, -0.2) is 4.98 Å². The highest BCUT2D eigenvalue weighted by atomic mass is 16.4. The lowest BCUT2D eigenvalue weighted by molar-refractivity contribution is 0.457. The van der Waals surface area contributed by atoms with Crippen molar-refractivity contribution in [3.8, 4) is 11.3 Å². The zero-order valence-corrected chi connectivity index (χ0v) is 12.9. The molecule has 0 spiro atoms. The van der Waals surface area contributed by atoms with Gasteiger partial charge in [0, 0.05) is 5.56 Å². The Hall–Kier alpha value is -2.39. The monoisotopic (exact) mass is 292 g/mol. The van der Waals surface area contributed by atoms with Gasteiger partial charge in [-0.15, -0.1) is 0 Å². The van der Waals surface area contributed by atoms with Crippen molar-refractivity contribution in [2.75, 3.05) is 0 Å². The van der Waals surface area contributed by atoms with E-state index in [1.165, 1.54) is 16.7 Å². The van der Waals surface area contributed by atoms with Crippen LogP contribution in [0.25, 0.3) is 11.3 Å². The summed E-state index contributed by atoms with van der Waals surface area (Å²) in [7, 11) is 0. The topological polar surface area (TPSA) is 52.0 Å². The van der Waals surface area contributed by atoms with Crippen LogP contribution in [0.2, 0.25) is 0 Å². The molecule has 1 aromatic heterocycles. The van der Waals surface area contributed by atoms with Crippen molar-refractivity contribution in [3.63, 3.8) is 0 Å². The summed E-state index contributed by atoms with van der Waals surface area (Å²) in [5.74, 6) is 1.35. The van der Waals surface area contributed by atoms with Crippen molar-refractivity contribution < 1.29 is 4.42 Å². The molecule has 0 saturated heterocycles. The first kappa shape index (κ1) is 14.5. The van der Waals surface area contributed by atoms with Gasteiger partial charge in [0.25, 0.3) is 0 Å². The highest BCUT2D eigenvalue weighted by molar-refractivity contribution is 5.58. The summed E-state index contributed by atoms with van der Waals surface area (Å²) in [5, 5.41) is 0. The number of nitrogens with two attached hydrogens (primary N) is 1. The van der Waals surface area contributed by atoms with Gasteiger partial charge in [-0.2, -0.15) is 0 Å². The SMILES string of the molecule is Cc1ccc(-c2cnc(C(N)Cc3ccccc3)o2)cc1C. The van der Waals surface area contributed by atoms with E-state index in [9.17, 15) is 0 Å². The molecule has 0 aliphatic rings. The summed E-state index contributed by atoms with van der Waals surface area (Å²) in [6.07, 6.45) is 2.47. The second kappa shape index (κ2) is 6.16. The molecule has 0 fully saturated rings. The van der Waals surface area contributed by atoms with Crippen LogP contribution < -0.4 is 5.73 Å². The molecule has 2 aromatic carbocycles. The largest absolute Gasteiger partial charge is 0.439 e. The van der Waals surface area contributed by atoms with Crippen LogP contribution in [0, 0.1) is 13.8 Å². The Bertz CT molecular complexity index is 762. The minimum Gasteiger partial charge on any atom is -0.439 e. The fraction of sp³-hybridized carbons (Fsp3) is 0.211. The van der Waals surface area contributed by atoms with Crippen LogP contribution in [-0.2, 0) is 6.42 Å². The molecule has 3 nitrogen and oxygen atoms in total. The van der Waals surface area contributed by atoms with E-state index < -0.39 is 0 Å². The molecule has 22 heavy (non-hydrogen) atoms. The average molecular weight is 292 g/mol. The number of hydrogen-bond acceptors (Lipinski definition) is 3. The molecule has 0 saturated carbocycles. The molecular weight excluding hydrogens is 272 g/mol. The molecule has 1 atom stereocenters. The number of aromatic nitrogens is 1. The Kier molecular flexibility index (Phi) is 4.07. The molecule has 0 bridgehead atoms. The zero-order valence-electron chi connectivity index (χ0n) is 12.9. The number of oxazole rings is 1. The van der Waals surface area contributed by atoms with Gasteiger partial charge in [-0.1, -0.05) is 42.5 Å². The Balaban J connectivity index is 1.79. The molecule has 0 aliphatic carbocycles. The average Bonchev–Trinajstić information content (AvgIpc) is 3.01. The second-order valence-electron chi connectivity index (χ2n) is 5.66. The molecule has 0 aliphatic heterocycles. The summed E-state index contributed by atoms with van der Waals surface area (Å²) in [6, 6.07) is 16.2. The van der Waals surface area contributed by atoms with Crippen molar-refractivity contribution in [1.82, 2.24) is 4.98 Å². The van der Waals surface area contributed by atoms with E-state index in [2.05, 4.69) is 49.2 Å². The molecule has 3 rings (SSSR count). The van der Waals surface area contributed by atoms with Gasteiger partial charge >= 0.3 is 0 Å². The number of hydrogen-bond donors (Lipinski definition) is 1. The standard InChI is InChI=1S/C19H20N2O/c1-13-8-9-16(10-14(13)2)18-12-21-19(22-18)17(20)11-15-6-4-3-5-7-15/h3-10,12,17H,11,20H2,1-2H3. The lowest BCUT2D eigenvalue weighted by atomic mass is 10.1. The highest BCUT2D eigenvalue weighted by Crippen LogP contribution is 2.25. The van der Waals surface area contributed by atoms with Crippen LogP contribution in [0.3, 0.4) is 0 Å². The van der Waals surface area contributed by atoms with Crippen molar-refractivity contribution >= 4 is 0 Å². The predicted molar refractivity (Wildman–Crippen MR) is 88.5 cm³/mol. The van der Waals surface area contributed by atoms with E-state index >= 15 is 0 Å². The van der Waals surface area contributed by atoms with Gasteiger partial charge in [-0.05, 0) is 43.0 Å². The van der Waals surface area contributed by atoms with Crippen LogP contribution in [0.15, 0.2) is 59.1 Å². The fourth-order valence-corrected chi connectivity index (χ4v) is 2.44. The Morgan fingerprint density at radius 2 is 1.82 bits per heavy atom. The molecule has 1 unspecified atom stereocenters. The minimum atomic E-state index is -0.234. The van der Waals surface area contributed by atoms with E-state index in [1.54, 1.807) is 6.20 Å². The number of nitrogens with zero attached hydrogens (tertiary/aromatic N) is 1. The molecular formula is C19H20N2O. The first-order chi connectivity index (χ1) is 10.6. The van der Waals surface area contributed by atoms with E-state index in [-0.39, 0.29) is 6.04 Å². The Morgan fingerprint density at radius 3 is 2.55 bits per heavy atom. The molecule has 0 amide bonds. The smallest absolute Gasteiger partial charge is 0.212 e. The summed E-state index contributed by atoms with van der Waals surface area (Å²) >= 11 is 0. The molecule has 3 heteroatoms. The third-order valence-corrected chi connectivity index (χ3v) is 3.93. The van der Waals surface area contributed by atoms with Crippen LogP contribution >= 0.6 is 0 Å². The third-order valence-electron chi connectivity index (χ3n) is 3.93. The van der Waals surface area contributed by atoms with Gasteiger partial charge in [0.05, 0.1) is 12.2 Å². The first-order valence-corrected chi connectivity index (χ1v) is 7.46. The van der Waals surface area contributed by atoms with Crippen LogP contribution in [-0.4, -0.2) is 4.98 Å². The summed E-state index contributed by atoms with van der Waals surface area (Å²) in [6.45, 7) is 4.19. The maximum atomic E-state index is 6.22. The van der Waals surface area contributed by atoms with Crippen molar-refractivity contribution in [2.24, 2.45) is 5.73 Å². The molecule has 2 N–H and O–H groups in total. The molecule has 3 aromatic rings. The quantitative estimate of drug-likeness (QED) is 0.784. The van der Waals surface area contributed by atoms with Crippen LogP contribution in [0.4, 0.5) is 0 Å². The predicted octanol–water partition coefficient (Wildman–Crippen LogP) is 4.20. The minimum absolute atomic E-state index is 0.234.